The van der Waals surface area contributed by atoms with Crippen LogP contribution in [0.2, 0.25) is 0 Å². The van der Waals surface area contributed by atoms with Gasteiger partial charge in [0.2, 0.25) is 0 Å². The molecule has 0 amide bonds. The fourth-order valence-corrected chi connectivity index (χ4v) is 3.69. The Labute approximate surface area is 185 Å². The number of benzene rings is 2. The molecule has 0 fully saturated rings. The van der Waals surface area contributed by atoms with Crippen molar-refractivity contribution >= 4 is 15.6 Å². The molecule has 0 aromatic heterocycles. The average molecular weight is 494 g/mol. The Balaban J connectivity index is 0.000000482. The fourth-order valence-electron chi connectivity index (χ4n) is 2.58. The standard InChI is InChI=1S/C19H24O4.H4O7P2/c1-14-3-7-16(8-4-14)18(19(11-20,12-21)13-22)23-17-9-5-15(2)6-10-17;1-8(2,3)7-9(4,5)6/h3-10,18,20-22H,11-13H2,1-2H3;(H2,1,2,3)(H2,4,5,6). The number of hydrogen-bond donors (Lipinski definition) is 7. The van der Waals surface area contributed by atoms with Gasteiger partial charge >= 0.3 is 15.6 Å². The Morgan fingerprint density at radius 1 is 0.750 bits per heavy atom. The number of aliphatic hydroxyl groups is 3. The highest BCUT2D eigenvalue weighted by Crippen LogP contribution is 2.53. The van der Waals surface area contributed by atoms with Gasteiger partial charge in [-0.2, -0.15) is 4.31 Å². The minimum atomic E-state index is -5.05. The summed E-state index contributed by atoms with van der Waals surface area (Å²) < 4.78 is 28.3. The van der Waals surface area contributed by atoms with Gasteiger partial charge in [0, 0.05) is 0 Å². The number of hydrogen-bond acceptors (Lipinski definition) is 7. The molecule has 2 aromatic rings. The predicted octanol–water partition coefficient (Wildman–Crippen LogP) is 1.58. The van der Waals surface area contributed by atoms with Gasteiger partial charge in [0.1, 0.15) is 11.9 Å². The molecule has 0 aliphatic rings. The molecule has 0 heterocycles. The maximum atomic E-state index is 9.78. The van der Waals surface area contributed by atoms with Crippen molar-refractivity contribution in [1.29, 1.82) is 0 Å². The Morgan fingerprint density at radius 3 is 1.44 bits per heavy atom. The van der Waals surface area contributed by atoms with Crippen molar-refractivity contribution in [2.75, 3.05) is 19.8 Å². The number of phosphoric acid groups is 2. The highest BCUT2D eigenvalue weighted by Gasteiger charge is 2.40. The summed E-state index contributed by atoms with van der Waals surface area (Å²) in [6.07, 6.45) is -0.661. The molecule has 2 aromatic carbocycles. The summed E-state index contributed by atoms with van der Waals surface area (Å²) in [5.41, 5.74) is 1.85. The SMILES string of the molecule is Cc1ccc(OC(c2ccc(C)cc2)C(CO)(CO)CO)cc1.O=P(O)(O)OP(=O)(O)O. The molecule has 13 heteroatoms. The van der Waals surface area contributed by atoms with E-state index in [4.69, 9.17) is 24.3 Å². The summed E-state index contributed by atoms with van der Waals surface area (Å²) >= 11 is 0. The van der Waals surface area contributed by atoms with Crippen molar-refractivity contribution in [2.45, 2.75) is 20.0 Å². The van der Waals surface area contributed by atoms with Crippen LogP contribution in [0.15, 0.2) is 48.5 Å². The molecule has 0 aliphatic carbocycles. The largest absolute Gasteiger partial charge is 0.485 e. The summed E-state index contributed by atoms with van der Waals surface area (Å²) in [6, 6.07) is 15.2. The lowest BCUT2D eigenvalue weighted by molar-refractivity contribution is -0.0742. The van der Waals surface area contributed by atoms with Crippen molar-refractivity contribution in [3.63, 3.8) is 0 Å². The fraction of sp³-hybridized carbons (Fsp3) is 0.368. The van der Waals surface area contributed by atoms with Gasteiger partial charge in [-0.1, -0.05) is 47.5 Å². The molecule has 0 saturated heterocycles. The van der Waals surface area contributed by atoms with Crippen LogP contribution in [0.1, 0.15) is 22.8 Å². The molecule has 0 aliphatic heterocycles. The molecule has 2 rings (SSSR count). The van der Waals surface area contributed by atoms with Crippen LogP contribution in [-0.2, 0) is 13.4 Å². The lowest BCUT2D eigenvalue weighted by Crippen LogP contribution is -2.42. The van der Waals surface area contributed by atoms with Crippen molar-refractivity contribution in [1.82, 2.24) is 0 Å². The minimum absolute atomic E-state index is 0.385. The molecule has 32 heavy (non-hydrogen) atoms. The van der Waals surface area contributed by atoms with Crippen LogP contribution in [0, 0.1) is 19.3 Å². The van der Waals surface area contributed by atoms with E-state index < -0.39 is 27.2 Å². The Hall–Kier alpha value is -1.62. The van der Waals surface area contributed by atoms with Crippen LogP contribution in [-0.4, -0.2) is 54.7 Å². The first-order chi connectivity index (χ1) is 14.7. The summed E-state index contributed by atoms with van der Waals surface area (Å²) in [7, 11) is -10.1. The number of rotatable bonds is 9. The zero-order valence-electron chi connectivity index (χ0n) is 17.5. The van der Waals surface area contributed by atoms with Gasteiger partial charge in [-0.05, 0) is 31.5 Å². The Kier molecular flexibility index (Phi) is 10.7. The van der Waals surface area contributed by atoms with E-state index in [1.165, 1.54) is 0 Å². The number of aliphatic hydroxyl groups excluding tert-OH is 3. The molecule has 0 bridgehead atoms. The second-order valence-electron chi connectivity index (χ2n) is 7.12. The molecule has 1 unspecified atom stereocenters. The molecule has 0 saturated carbocycles. The highest BCUT2D eigenvalue weighted by atomic mass is 31.3. The lowest BCUT2D eigenvalue weighted by Gasteiger charge is -2.36. The van der Waals surface area contributed by atoms with E-state index in [1.807, 2.05) is 62.4 Å². The van der Waals surface area contributed by atoms with E-state index in [9.17, 15) is 24.4 Å². The summed E-state index contributed by atoms with van der Waals surface area (Å²) in [5, 5.41) is 29.4. The van der Waals surface area contributed by atoms with Gasteiger partial charge in [0.05, 0.1) is 25.2 Å². The maximum Gasteiger partial charge on any atom is 0.478 e. The first-order valence-corrected chi connectivity index (χ1v) is 12.3. The molecule has 11 nitrogen and oxygen atoms in total. The van der Waals surface area contributed by atoms with Crippen molar-refractivity contribution in [3.05, 3.63) is 65.2 Å². The van der Waals surface area contributed by atoms with Crippen LogP contribution in [0.5, 0.6) is 5.75 Å². The van der Waals surface area contributed by atoms with E-state index in [0.717, 1.165) is 16.7 Å². The van der Waals surface area contributed by atoms with E-state index in [2.05, 4.69) is 4.31 Å². The third-order valence-electron chi connectivity index (χ3n) is 4.37. The van der Waals surface area contributed by atoms with Crippen LogP contribution in [0.4, 0.5) is 0 Å². The third-order valence-corrected chi connectivity index (χ3v) is 6.07. The Bertz CT molecular complexity index is 887. The summed E-state index contributed by atoms with van der Waals surface area (Å²) in [6.45, 7) is 2.82. The first kappa shape index (κ1) is 28.4. The van der Waals surface area contributed by atoms with Gasteiger partial charge in [-0.15, -0.1) is 0 Å². The smallest absolute Gasteiger partial charge is 0.478 e. The average Bonchev–Trinajstić information content (AvgIpc) is 2.69. The second-order valence-corrected chi connectivity index (χ2v) is 9.74. The normalized spacial score (nSPS) is 13.2. The highest BCUT2D eigenvalue weighted by molar-refractivity contribution is 7.60. The van der Waals surface area contributed by atoms with E-state index in [0.29, 0.717) is 5.75 Å². The third kappa shape index (κ3) is 9.48. The number of aryl methyl sites for hydroxylation is 2. The maximum absolute atomic E-state index is 9.78. The summed E-state index contributed by atoms with van der Waals surface area (Å²) in [4.78, 5) is 31.0. The minimum Gasteiger partial charge on any atom is -0.485 e. The van der Waals surface area contributed by atoms with Crippen molar-refractivity contribution in [3.8, 4) is 5.75 Å². The van der Waals surface area contributed by atoms with Crippen molar-refractivity contribution < 1.29 is 53.1 Å². The Morgan fingerprint density at radius 2 is 1.12 bits per heavy atom. The molecule has 0 radical (unpaired) electrons. The van der Waals surface area contributed by atoms with Gasteiger partial charge in [-0.25, -0.2) is 9.13 Å². The summed E-state index contributed by atoms with van der Waals surface area (Å²) in [5.74, 6) is 0.626. The molecular formula is C19H28O11P2. The molecule has 1 atom stereocenters. The van der Waals surface area contributed by atoms with Crippen LogP contribution in [0.3, 0.4) is 0 Å². The topological polar surface area (TPSA) is 194 Å². The van der Waals surface area contributed by atoms with Gasteiger partial charge in [0.25, 0.3) is 0 Å². The zero-order chi connectivity index (χ0) is 24.6. The van der Waals surface area contributed by atoms with Gasteiger partial charge in [-0.3, -0.25) is 0 Å². The van der Waals surface area contributed by atoms with Crippen molar-refractivity contribution in [2.24, 2.45) is 5.41 Å². The van der Waals surface area contributed by atoms with Crippen LogP contribution < -0.4 is 4.74 Å². The monoisotopic (exact) mass is 494 g/mol. The van der Waals surface area contributed by atoms with E-state index in [-0.39, 0.29) is 19.8 Å². The predicted molar refractivity (Wildman–Crippen MR) is 115 cm³/mol. The molecule has 0 spiro atoms. The second kappa shape index (κ2) is 12.0. The first-order valence-electron chi connectivity index (χ1n) is 9.20. The number of ether oxygens (including phenoxy) is 1. The van der Waals surface area contributed by atoms with Crippen LogP contribution >= 0.6 is 15.6 Å². The zero-order valence-corrected chi connectivity index (χ0v) is 19.3. The van der Waals surface area contributed by atoms with E-state index >= 15 is 0 Å². The molecular weight excluding hydrogens is 466 g/mol. The molecule has 180 valence electrons. The van der Waals surface area contributed by atoms with Gasteiger partial charge < -0.3 is 39.6 Å². The molecule has 7 N–H and O–H groups in total. The van der Waals surface area contributed by atoms with Gasteiger partial charge in [0.15, 0.2) is 0 Å². The quantitative estimate of drug-likeness (QED) is 0.250. The van der Waals surface area contributed by atoms with E-state index in [1.54, 1.807) is 0 Å². The van der Waals surface area contributed by atoms with Crippen LogP contribution in [0.25, 0.3) is 0 Å². The lowest BCUT2D eigenvalue weighted by atomic mass is 9.80.